The standard InChI is InChI=1S/C14H10BrN3O2/c1-9-2-3-11(15)7-13(9)17-12-4-5-14(18(19)20)10(6-12)8-16/h2-7,17H,1H3. The van der Waals surface area contributed by atoms with Crippen LogP contribution in [0.3, 0.4) is 0 Å². The van der Waals surface area contributed by atoms with Crippen LogP contribution in [0.2, 0.25) is 0 Å². The minimum Gasteiger partial charge on any atom is -0.355 e. The molecule has 0 radical (unpaired) electrons. The van der Waals surface area contributed by atoms with Gasteiger partial charge in [0.25, 0.3) is 5.69 Å². The molecule has 1 N–H and O–H groups in total. The second-order valence-corrected chi connectivity index (χ2v) is 5.10. The molecule has 0 atom stereocenters. The lowest BCUT2D eigenvalue weighted by Crippen LogP contribution is -1.96. The molecule has 0 aliphatic carbocycles. The van der Waals surface area contributed by atoms with E-state index in [1.54, 1.807) is 6.07 Å². The molecule has 0 heterocycles. The van der Waals surface area contributed by atoms with E-state index in [1.807, 2.05) is 31.2 Å². The quantitative estimate of drug-likeness (QED) is 0.672. The van der Waals surface area contributed by atoms with Gasteiger partial charge in [0.15, 0.2) is 0 Å². The third-order valence-electron chi connectivity index (χ3n) is 2.79. The molecule has 0 aliphatic heterocycles. The van der Waals surface area contributed by atoms with E-state index in [0.29, 0.717) is 5.69 Å². The minimum atomic E-state index is -0.563. The molecule has 2 aromatic rings. The summed E-state index contributed by atoms with van der Waals surface area (Å²) in [6.07, 6.45) is 0. The Bertz CT molecular complexity index is 723. The Hall–Kier alpha value is -2.39. The third kappa shape index (κ3) is 2.95. The molecule has 2 rings (SSSR count). The van der Waals surface area contributed by atoms with Gasteiger partial charge in [0.05, 0.1) is 4.92 Å². The highest BCUT2D eigenvalue weighted by Crippen LogP contribution is 2.27. The molecule has 0 spiro atoms. The number of aryl methyl sites for hydroxylation is 1. The van der Waals surface area contributed by atoms with E-state index < -0.39 is 4.92 Å². The van der Waals surface area contributed by atoms with Crippen molar-refractivity contribution in [3.8, 4) is 6.07 Å². The molecule has 0 aromatic heterocycles. The molecule has 2 aromatic carbocycles. The summed E-state index contributed by atoms with van der Waals surface area (Å²) in [6, 6.07) is 12.0. The number of nitro benzene ring substituents is 1. The molecule has 0 saturated heterocycles. The number of nitrogens with zero attached hydrogens (tertiary/aromatic N) is 2. The number of anilines is 2. The SMILES string of the molecule is Cc1ccc(Br)cc1Nc1ccc([N+](=O)[O-])c(C#N)c1. The fourth-order valence-corrected chi connectivity index (χ4v) is 2.11. The summed E-state index contributed by atoms with van der Waals surface area (Å²) >= 11 is 3.39. The summed E-state index contributed by atoms with van der Waals surface area (Å²) in [7, 11) is 0. The molecule has 100 valence electrons. The Balaban J connectivity index is 2.38. The average molecular weight is 332 g/mol. The molecular formula is C14H10BrN3O2. The number of hydrogen-bond acceptors (Lipinski definition) is 4. The van der Waals surface area contributed by atoms with Crippen LogP contribution in [-0.4, -0.2) is 4.92 Å². The molecule has 0 amide bonds. The zero-order valence-electron chi connectivity index (χ0n) is 10.6. The van der Waals surface area contributed by atoms with Gasteiger partial charge in [-0.05, 0) is 36.8 Å². The Labute approximate surface area is 124 Å². The van der Waals surface area contributed by atoms with E-state index in [1.165, 1.54) is 12.1 Å². The number of hydrogen-bond donors (Lipinski definition) is 1. The number of nitrogens with one attached hydrogen (secondary N) is 1. The topological polar surface area (TPSA) is 79.0 Å². The first-order valence-electron chi connectivity index (χ1n) is 5.73. The summed E-state index contributed by atoms with van der Waals surface area (Å²) in [5, 5.41) is 22.9. The van der Waals surface area contributed by atoms with Crippen molar-refractivity contribution in [2.24, 2.45) is 0 Å². The van der Waals surface area contributed by atoms with Crippen LogP contribution in [0.1, 0.15) is 11.1 Å². The molecule has 5 nitrogen and oxygen atoms in total. The largest absolute Gasteiger partial charge is 0.355 e. The van der Waals surface area contributed by atoms with E-state index in [2.05, 4.69) is 21.2 Å². The van der Waals surface area contributed by atoms with Crippen LogP contribution in [0.4, 0.5) is 17.1 Å². The highest BCUT2D eigenvalue weighted by atomic mass is 79.9. The van der Waals surface area contributed by atoms with Crippen molar-refractivity contribution in [1.82, 2.24) is 0 Å². The third-order valence-corrected chi connectivity index (χ3v) is 3.29. The molecule has 0 aliphatic rings. The van der Waals surface area contributed by atoms with Crippen molar-refractivity contribution < 1.29 is 4.92 Å². The van der Waals surface area contributed by atoms with Crippen LogP contribution in [0.25, 0.3) is 0 Å². The van der Waals surface area contributed by atoms with Gasteiger partial charge < -0.3 is 5.32 Å². The predicted octanol–water partition coefficient (Wildman–Crippen LogP) is 4.28. The minimum absolute atomic E-state index is 0.0349. The van der Waals surface area contributed by atoms with E-state index in [4.69, 9.17) is 5.26 Å². The number of benzene rings is 2. The molecule has 20 heavy (non-hydrogen) atoms. The first-order valence-corrected chi connectivity index (χ1v) is 6.52. The second-order valence-electron chi connectivity index (χ2n) is 4.19. The van der Waals surface area contributed by atoms with Crippen LogP contribution in [0, 0.1) is 28.4 Å². The number of nitro groups is 1. The van der Waals surface area contributed by atoms with Crippen molar-refractivity contribution in [3.05, 3.63) is 62.1 Å². The molecular weight excluding hydrogens is 322 g/mol. The van der Waals surface area contributed by atoms with Crippen LogP contribution in [0.5, 0.6) is 0 Å². The molecule has 0 unspecified atom stereocenters. The van der Waals surface area contributed by atoms with E-state index in [0.717, 1.165) is 15.7 Å². The van der Waals surface area contributed by atoms with Crippen molar-refractivity contribution in [2.75, 3.05) is 5.32 Å². The maximum Gasteiger partial charge on any atom is 0.287 e. The van der Waals surface area contributed by atoms with Crippen LogP contribution >= 0.6 is 15.9 Å². The lowest BCUT2D eigenvalue weighted by molar-refractivity contribution is -0.385. The normalized spacial score (nSPS) is 9.85. The first-order chi connectivity index (χ1) is 9.51. The van der Waals surface area contributed by atoms with Gasteiger partial charge >= 0.3 is 0 Å². The van der Waals surface area contributed by atoms with Crippen molar-refractivity contribution in [1.29, 1.82) is 5.26 Å². The maximum absolute atomic E-state index is 10.8. The van der Waals surface area contributed by atoms with E-state index in [9.17, 15) is 10.1 Å². The van der Waals surface area contributed by atoms with Gasteiger partial charge in [-0.3, -0.25) is 10.1 Å². The summed E-state index contributed by atoms with van der Waals surface area (Å²) in [5.74, 6) is 0. The Morgan fingerprint density at radius 3 is 2.70 bits per heavy atom. The van der Waals surface area contributed by atoms with Crippen molar-refractivity contribution in [2.45, 2.75) is 6.92 Å². The highest BCUT2D eigenvalue weighted by Gasteiger charge is 2.13. The van der Waals surface area contributed by atoms with Gasteiger partial charge in [-0.1, -0.05) is 22.0 Å². The number of rotatable bonds is 3. The summed E-state index contributed by atoms with van der Waals surface area (Å²) in [5.41, 5.74) is 2.38. The smallest absolute Gasteiger partial charge is 0.287 e. The van der Waals surface area contributed by atoms with Gasteiger partial charge in [-0.25, -0.2) is 0 Å². The fraction of sp³-hybridized carbons (Fsp3) is 0.0714. The Kier molecular flexibility index (Phi) is 4.01. The lowest BCUT2D eigenvalue weighted by Gasteiger charge is -2.10. The maximum atomic E-state index is 10.8. The molecule has 0 bridgehead atoms. The second kappa shape index (κ2) is 5.72. The van der Waals surface area contributed by atoms with Crippen molar-refractivity contribution >= 4 is 33.0 Å². The van der Waals surface area contributed by atoms with Gasteiger partial charge in [0.2, 0.25) is 0 Å². The van der Waals surface area contributed by atoms with Gasteiger partial charge in [-0.15, -0.1) is 0 Å². The van der Waals surface area contributed by atoms with Crippen LogP contribution in [-0.2, 0) is 0 Å². The predicted molar refractivity (Wildman–Crippen MR) is 80.0 cm³/mol. The first kappa shape index (κ1) is 14.0. The van der Waals surface area contributed by atoms with Gasteiger partial charge in [0, 0.05) is 21.9 Å². The van der Waals surface area contributed by atoms with Crippen LogP contribution < -0.4 is 5.32 Å². The monoisotopic (exact) mass is 331 g/mol. The van der Waals surface area contributed by atoms with Gasteiger partial charge in [-0.2, -0.15) is 5.26 Å². The molecule has 0 fully saturated rings. The van der Waals surface area contributed by atoms with Gasteiger partial charge in [0.1, 0.15) is 11.6 Å². The average Bonchev–Trinajstić information content (AvgIpc) is 2.42. The summed E-state index contributed by atoms with van der Waals surface area (Å²) in [6.45, 7) is 1.95. The summed E-state index contributed by atoms with van der Waals surface area (Å²) in [4.78, 5) is 10.2. The molecule has 6 heteroatoms. The highest BCUT2D eigenvalue weighted by molar-refractivity contribution is 9.10. The van der Waals surface area contributed by atoms with Crippen molar-refractivity contribution in [3.63, 3.8) is 0 Å². The van der Waals surface area contributed by atoms with Crippen LogP contribution in [0.15, 0.2) is 40.9 Å². The zero-order chi connectivity index (χ0) is 14.7. The Morgan fingerprint density at radius 2 is 2.05 bits per heavy atom. The van der Waals surface area contributed by atoms with E-state index >= 15 is 0 Å². The molecule has 0 saturated carbocycles. The number of halogens is 1. The lowest BCUT2D eigenvalue weighted by atomic mass is 10.1. The summed E-state index contributed by atoms with van der Waals surface area (Å²) < 4.78 is 0.924. The number of nitriles is 1. The fourth-order valence-electron chi connectivity index (χ4n) is 1.75. The Morgan fingerprint density at radius 1 is 1.30 bits per heavy atom. The van der Waals surface area contributed by atoms with E-state index in [-0.39, 0.29) is 11.3 Å². The zero-order valence-corrected chi connectivity index (χ0v) is 12.1.